The third kappa shape index (κ3) is 2.02. The van der Waals surface area contributed by atoms with Gasteiger partial charge in [-0.25, -0.2) is 0 Å². The van der Waals surface area contributed by atoms with E-state index in [0.717, 1.165) is 16.9 Å². The standard InChI is InChI=1S/C15H20N4O2/c1-15(2)14(21)18(3)4-5-19(15)12-8-11-9(6-10(12)16)7-13(20)17-11/h6,8H,4-5,7,16H2,1-3H3,(H,17,20). The summed E-state index contributed by atoms with van der Waals surface area (Å²) in [4.78, 5) is 27.7. The van der Waals surface area contributed by atoms with Crippen LogP contribution in [0.3, 0.4) is 0 Å². The van der Waals surface area contributed by atoms with E-state index in [1.165, 1.54) is 0 Å². The number of rotatable bonds is 1. The van der Waals surface area contributed by atoms with E-state index in [9.17, 15) is 9.59 Å². The molecule has 1 aromatic carbocycles. The van der Waals surface area contributed by atoms with Crippen molar-refractivity contribution in [2.75, 3.05) is 36.1 Å². The summed E-state index contributed by atoms with van der Waals surface area (Å²) < 4.78 is 0. The van der Waals surface area contributed by atoms with E-state index in [4.69, 9.17) is 5.73 Å². The quantitative estimate of drug-likeness (QED) is 0.750. The fourth-order valence-electron chi connectivity index (χ4n) is 3.15. The summed E-state index contributed by atoms with van der Waals surface area (Å²) in [6, 6.07) is 3.72. The summed E-state index contributed by atoms with van der Waals surface area (Å²) in [5, 5.41) is 2.83. The molecule has 1 saturated heterocycles. The molecule has 3 N–H and O–H groups in total. The van der Waals surface area contributed by atoms with Gasteiger partial charge in [0.25, 0.3) is 0 Å². The Morgan fingerprint density at radius 1 is 1.24 bits per heavy atom. The van der Waals surface area contributed by atoms with Gasteiger partial charge in [0.05, 0.1) is 17.8 Å². The number of anilines is 3. The minimum absolute atomic E-state index is 0.0183. The van der Waals surface area contributed by atoms with Crippen LogP contribution < -0.4 is 16.0 Å². The molecule has 1 fully saturated rings. The average molecular weight is 288 g/mol. The third-order valence-corrected chi connectivity index (χ3v) is 4.37. The molecule has 21 heavy (non-hydrogen) atoms. The third-order valence-electron chi connectivity index (χ3n) is 4.37. The van der Waals surface area contributed by atoms with Gasteiger partial charge >= 0.3 is 0 Å². The maximum atomic E-state index is 12.4. The van der Waals surface area contributed by atoms with Gasteiger partial charge in [-0.1, -0.05) is 0 Å². The first-order valence-corrected chi connectivity index (χ1v) is 7.06. The van der Waals surface area contributed by atoms with Crippen molar-refractivity contribution in [2.24, 2.45) is 0 Å². The average Bonchev–Trinajstić information content (AvgIpc) is 2.75. The van der Waals surface area contributed by atoms with Crippen molar-refractivity contribution in [1.29, 1.82) is 0 Å². The molecule has 0 saturated carbocycles. The number of carbonyl (C=O) groups is 2. The molecule has 2 aliphatic heterocycles. The fourth-order valence-corrected chi connectivity index (χ4v) is 3.15. The summed E-state index contributed by atoms with van der Waals surface area (Å²) in [7, 11) is 1.81. The predicted octanol–water partition coefficient (Wildman–Crippen LogP) is 0.820. The molecule has 6 heteroatoms. The van der Waals surface area contributed by atoms with E-state index in [0.29, 0.717) is 25.2 Å². The molecule has 0 aromatic heterocycles. The van der Waals surface area contributed by atoms with Gasteiger partial charge in [0, 0.05) is 25.8 Å². The number of hydrogen-bond donors (Lipinski definition) is 2. The first-order valence-electron chi connectivity index (χ1n) is 7.06. The Labute approximate surface area is 123 Å². The van der Waals surface area contributed by atoms with Crippen molar-refractivity contribution in [3.8, 4) is 0 Å². The van der Waals surface area contributed by atoms with Gasteiger partial charge in [0.15, 0.2) is 0 Å². The van der Waals surface area contributed by atoms with E-state index < -0.39 is 5.54 Å². The second-order valence-electron chi connectivity index (χ2n) is 6.23. The summed E-state index contributed by atoms with van der Waals surface area (Å²) in [5.74, 6) is 0.0490. The van der Waals surface area contributed by atoms with Gasteiger partial charge in [-0.3, -0.25) is 9.59 Å². The molecule has 3 rings (SSSR count). The molecule has 2 amide bonds. The SMILES string of the molecule is CN1CCN(c2cc3c(cc2N)CC(=O)N3)C(C)(C)C1=O. The first kappa shape index (κ1) is 13.7. The Morgan fingerprint density at radius 2 is 1.95 bits per heavy atom. The van der Waals surface area contributed by atoms with Crippen LogP contribution >= 0.6 is 0 Å². The molecule has 112 valence electrons. The highest BCUT2D eigenvalue weighted by molar-refractivity contribution is 6.01. The van der Waals surface area contributed by atoms with E-state index >= 15 is 0 Å². The Bertz CT molecular complexity index is 639. The molecular formula is C15H20N4O2. The number of benzene rings is 1. The summed E-state index contributed by atoms with van der Waals surface area (Å²) >= 11 is 0. The van der Waals surface area contributed by atoms with Crippen LogP contribution in [0.4, 0.5) is 17.1 Å². The largest absolute Gasteiger partial charge is 0.397 e. The minimum Gasteiger partial charge on any atom is -0.397 e. The molecule has 1 aromatic rings. The Balaban J connectivity index is 2.03. The number of amides is 2. The second-order valence-corrected chi connectivity index (χ2v) is 6.23. The molecule has 2 aliphatic rings. The van der Waals surface area contributed by atoms with Crippen LogP contribution in [0.15, 0.2) is 12.1 Å². The van der Waals surface area contributed by atoms with E-state index in [-0.39, 0.29) is 11.8 Å². The first-order chi connectivity index (χ1) is 9.80. The number of fused-ring (bicyclic) bond motifs is 1. The van der Waals surface area contributed by atoms with Gasteiger partial charge in [0.1, 0.15) is 5.54 Å². The maximum Gasteiger partial charge on any atom is 0.247 e. The molecule has 0 atom stereocenters. The van der Waals surface area contributed by atoms with Crippen LogP contribution in [0.25, 0.3) is 0 Å². The van der Waals surface area contributed by atoms with E-state index in [2.05, 4.69) is 5.32 Å². The van der Waals surface area contributed by atoms with Crippen LogP contribution in [-0.4, -0.2) is 42.4 Å². The van der Waals surface area contributed by atoms with Crippen LogP contribution in [-0.2, 0) is 16.0 Å². The molecular weight excluding hydrogens is 268 g/mol. The van der Waals surface area contributed by atoms with Gasteiger partial charge in [-0.15, -0.1) is 0 Å². The number of piperazine rings is 1. The van der Waals surface area contributed by atoms with Gasteiger partial charge in [0.2, 0.25) is 11.8 Å². The molecule has 0 radical (unpaired) electrons. The number of carbonyl (C=O) groups excluding carboxylic acids is 2. The minimum atomic E-state index is -0.655. The lowest BCUT2D eigenvalue weighted by atomic mass is 9.96. The lowest BCUT2D eigenvalue weighted by molar-refractivity contribution is -0.136. The molecule has 0 spiro atoms. The van der Waals surface area contributed by atoms with Gasteiger partial charge in [-0.2, -0.15) is 0 Å². The van der Waals surface area contributed by atoms with Crippen LogP contribution in [0, 0.1) is 0 Å². The molecule has 2 heterocycles. The highest BCUT2D eigenvalue weighted by Gasteiger charge is 2.41. The Morgan fingerprint density at radius 3 is 2.67 bits per heavy atom. The number of nitrogens with two attached hydrogens (primary N) is 1. The van der Waals surface area contributed by atoms with Gasteiger partial charge in [-0.05, 0) is 31.5 Å². The maximum absolute atomic E-state index is 12.4. The number of nitrogens with one attached hydrogen (secondary N) is 1. The summed E-state index contributed by atoms with van der Waals surface area (Å²) in [6.07, 6.45) is 0.366. The van der Waals surface area contributed by atoms with Crippen molar-refractivity contribution in [2.45, 2.75) is 25.8 Å². The highest BCUT2D eigenvalue weighted by atomic mass is 16.2. The number of nitrogens with zero attached hydrogens (tertiary/aromatic N) is 2. The second kappa shape index (κ2) is 4.38. The van der Waals surface area contributed by atoms with Crippen LogP contribution in [0.5, 0.6) is 0 Å². The lowest BCUT2D eigenvalue weighted by Gasteiger charge is -2.46. The van der Waals surface area contributed by atoms with E-state index in [1.807, 2.05) is 37.9 Å². The normalized spacial score (nSPS) is 20.5. The molecule has 0 bridgehead atoms. The van der Waals surface area contributed by atoms with Crippen molar-refractivity contribution < 1.29 is 9.59 Å². The summed E-state index contributed by atoms with van der Waals surface area (Å²) in [5.41, 5.74) is 8.64. The monoisotopic (exact) mass is 288 g/mol. The summed E-state index contributed by atoms with van der Waals surface area (Å²) in [6.45, 7) is 5.17. The smallest absolute Gasteiger partial charge is 0.247 e. The zero-order valence-corrected chi connectivity index (χ0v) is 12.6. The zero-order valence-electron chi connectivity index (χ0n) is 12.6. The van der Waals surface area contributed by atoms with Crippen LogP contribution in [0.2, 0.25) is 0 Å². The Hall–Kier alpha value is -2.24. The number of likely N-dealkylation sites (N-methyl/N-ethyl adjacent to an activating group) is 1. The highest BCUT2D eigenvalue weighted by Crippen LogP contribution is 2.38. The number of hydrogen-bond acceptors (Lipinski definition) is 4. The number of nitrogen functional groups attached to an aromatic ring is 1. The van der Waals surface area contributed by atoms with Crippen molar-refractivity contribution in [1.82, 2.24) is 4.90 Å². The Kier molecular flexibility index (Phi) is 2.86. The van der Waals surface area contributed by atoms with Crippen molar-refractivity contribution in [3.05, 3.63) is 17.7 Å². The topological polar surface area (TPSA) is 78.7 Å². The van der Waals surface area contributed by atoms with Crippen LogP contribution in [0.1, 0.15) is 19.4 Å². The zero-order chi connectivity index (χ0) is 15.4. The molecule has 0 unspecified atom stereocenters. The van der Waals surface area contributed by atoms with Crippen molar-refractivity contribution in [3.63, 3.8) is 0 Å². The van der Waals surface area contributed by atoms with Gasteiger partial charge < -0.3 is 20.9 Å². The van der Waals surface area contributed by atoms with E-state index in [1.54, 1.807) is 4.90 Å². The fraction of sp³-hybridized carbons (Fsp3) is 0.467. The lowest BCUT2D eigenvalue weighted by Crippen LogP contribution is -2.62. The molecule has 6 nitrogen and oxygen atoms in total. The van der Waals surface area contributed by atoms with Crippen molar-refractivity contribution >= 4 is 28.9 Å². The molecule has 0 aliphatic carbocycles. The predicted molar refractivity (Wildman–Crippen MR) is 82.3 cm³/mol.